The predicted molar refractivity (Wildman–Crippen MR) is 69.9 cm³/mol. The van der Waals surface area contributed by atoms with Crippen molar-refractivity contribution in [2.24, 2.45) is 5.84 Å². The fraction of sp³-hybridized carbons (Fsp3) is 0.0833. The van der Waals surface area contributed by atoms with E-state index in [1.165, 1.54) is 0 Å². The van der Waals surface area contributed by atoms with Gasteiger partial charge in [-0.05, 0) is 23.3 Å². The van der Waals surface area contributed by atoms with Crippen molar-refractivity contribution in [2.75, 3.05) is 0 Å². The van der Waals surface area contributed by atoms with E-state index in [0.29, 0.717) is 10.0 Å². The highest BCUT2D eigenvalue weighted by atomic mass is 35.5. The summed E-state index contributed by atoms with van der Waals surface area (Å²) < 4.78 is 0. The Hall–Kier alpha value is -1.13. The van der Waals surface area contributed by atoms with Crippen LogP contribution in [0.3, 0.4) is 0 Å². The second-order valence-corrected chi connectivity index (χ2v) is 4.33. The summed E-state index contributed by atoms with van der Waals surface area (Å²) in [7, 11) is 0. The van der Waals surface area contributed by atoms with Gasteiger partial charge in [0, 0.05) is 17.4 Å². The molecule has 1 aromatic heterocycles. The number of hydrogen-bond donors (Lipinski definition) is 2. The quantitative estimate of drug-likeness (QED) is 0.664. The summed E-state index contributed by atoms with van der Waals surface area (Å²) in [5.41, 5.74) is 4.44. The zero-order valence-electron chi connectivity index (χ0n) is 8.90. The number of nitrogens with one attached hydrogen (secondary N) is 1. The Morgan fingerprint density at radius 2 is 1.76 bits per heavy atom. The third kappa shape index (κ3) is 2.58. The summed E-state index contributed by atoms with van der Waals surface area (Å²) in [4.78, 5) is 3.94. The van der Waals surface area contributed by atoms with Crippen molar-refractivity contribution in [1.82, 2.24) is 10.4 Å². The van der Waals surface area contributed by atoms with Crippen LogP contribution in [0.2, 0.25) is 10.0 Å². The van der Waals surface area contributed by atoms with Crippen molar-refractivity contribution in [3.8, 4) is 0 Å². The van der Waals surface area contributed by atoms with Crippen LogP contribution >= 0.6 is 23.2 Å². The lowest BCUT2D eigenvalue weighted by Crippen LogP contribution is -2.29. The average Bonchev–Trinajstić information content (AvgIpc) is 2.34. The Kier molecular flexibility index (Phi) is 3.97. The molecule has 3 nitrogen and oxygen atoms in total. The molecule has 0 radical (unpaired) electrons. The van der Waals surface area contributed by atoms with Gasteiger partial charge in [-0.1, -0.05) is 41.4 Å². The SMILES string of the molecule is NNC(c1ccccc1Cl)c1ccncc1Cl. The summed E-state index contributed by atoms with van der Waals surface area (Å²) in [5, 5.41) is 1.19. The van der Waals surface area contributed by atoms with Crippen LogP contribution in [0.4, 0.5) is 0 Å². The summed E-state index contributed by atoms with van der Waals surface area (Å²) in [6, 6.07) is 9.06. The Bertz CT molecular complexity index is 471. The molecule has 0 aliphatic carbocycles. The van der Waals surface area contributed by atoms with Gasteiger partial charge >= 0.3 is 0 Å². The molecule has 0 saturated carbocycles. The number of rotatable bonds is 3. The lowest BCUT2D eigenvalue weighted by molar-refractivity contribution is 0.636. The van der Waals surface area contributed by atoms with Crippen molar-refractivity contribution in [3.05, 3.63) is 63.9 Å². The van der Waals surface area contributed by atoms with Crippen molar-refractivity contribution in [1.29, 1.82) is 0 Å². The molecule has 0 spiro atoms. The molecule has 0 aliphatic heterocycles. The minimum atomic E-state index is -0.251. The minimum absolute atomic E-state index is 0.251. The van der Waals surface area contributed by atoms with Crippen molar-refractivity contribution >= 4 is 23.2 Å². The molecule has 2 aromatic rings. The van der Waals surface area contributed by atoms with Crippen LogP contribution < -0.4 is 11.3 Å². The monoisotopic (exact) mass is 267 g/mol. The van der Waals surface area contributed by atoms with Gasteiger partial charge in [-0.15, -0.1) is 0 Å². The fourth-order valence-corrected chi connectivity index (χ4v) is 2.15. The van der Waals surface area contributed by atoms with Gasteiger partial charge < -0.3 is 0 Å². The van der Waals surface area contributed by atoms with Gasteiger partial charge in [0.05, 0.1) is 11.1 Å². The number of halogens is 2. The lowest BCUT2D eigenvalue weighted by Gasteiger charge is -2.18. The first kappa shape index (κ1) is 12.3. The lowest BCUT2D eigenvalue weighted by atomic mass is 10.0. The normalized spacial score (nSPS) is 12.4. The first-order valence-electron chi connectivity index (χ1n) is 5.04. The highest BCUT2D eigenvalue weighted by molar-refractivity contribution is 6.32. The summed E-state index contributed by atoms with van der Waals surface area (Å²) in [6.07, 6.45) is 3.25. The second-order valence-electron chi connectivity index (χ2n) is 3.52. The van der Waals surface area contributed by atoms with E-state index in [1.54, 1.807) is 12.4 Å². The summed E-state index contributed by atoms with van der Waals surface area (Å²) in [6.45, 7) is 0. The van der Waals surface area contributed by atoms with E-state index < -0.39 is 0 Å². The van der Waals surface area contributed by atoms with Gasteiger partial charge in [0.25, 0.3) is 0 Å². The Morgan fingerprint density at radius 3 is 2.41 bits per heavy atom. The van der Waals surface area contributed by atoms with Gasteiger partial charge in [-0.25, -0.2) is 5.43 Å². The fourth-order valence-electron chi connectivity index (χ4n) is 1.68. The molecule has 1 heterocycles. The highest BCUT2D eigenvalue weighted by Crippen LogP contribution is 2.30. The second kappa shape index (κ2) is 5.47. The maximum Gasteiger partial charge on any atom is 0.0740 e. The van der Waals surface area contributed by atoms with E-state index >= 15 is 0 Å². The molecule has 3 N–H and O–H groups in total. The maximum absolute atomic E-state index is 6.15. The van der Waals surface area contributed by atoms with Crippen molar-refractivity contribution in [3.63, 3.8) is 0 Å². The van der Waals surface area contributed by atoms with Crippen LogP contribution in [0.25, 0.3) is 0 Å². The first-order chi connectivity index (χ1) is 8.24. The van der Waals surface area contributed by atoms with E-state index in [1.807, 2.05) is 30.3 Å². The molecule has 1 aromatic carbocycles. The van der Waals surface area contributed by atoms with Crippen LogP contribution in [0.1, 0.15) is 17.2 Å². The van der Waals surface area contributed by atoms with E-state index in [2.05, 4.69) is 10.4 Å². The highest BCUT2D eigenvalue weighted by Gasteiger charge is 2.17. The molecule has 5 heteroatoms. The molecule has 0 fully saturated rings. The molecule has 2 rings (SSSR count). The third-order valence-electron chi connectivity index (χ3n) is 2.50. The first-order valence-corrected chi connectivity index (χ1v) is 5.79. The van der Waals surface area contributed by atoms with Crippen molar-refractivity contribution < 1.29 is 0 Å². The number of aromatic nitrogens is 1. The summed E-state index contributed by atoms with van der Waals surface area (Å²) >= 11 is 12.2. The number of hydrogen-bond acceptors (Lipinski definition) is 3. The number of nitrogens with zero attached hydrogens (tertiary/aromatic N) is 1. The molecule has 0 amide bonds. The number of pyridine rings is 1. The van der Waals surface area contributed by atoms with E-state index in [4.69, 9.17) is 29.0 Å². The molecule has 0 saturated heterocycles. The van der Waals surface area contributed by atoms with Gasteiger partial charge in [0.15, 0.2) is 0 Å². The molecule has 1 atom stereocenters. The summed E-state index contributed by atoms with van der Waals surface area (Å²) in [5.74, 6) is 5.59. The van der Waals surface area contributed by atoms with Crippen LogP contribution in [0.15, 0.2) is 42.7 Å². The molecule has 0 aliphatic rings. The molecule has 17 heavy (non-hydrogen) atoms. The number of benzene rings is 1. The van der Waals surface area contributed by atoms with Crippen LogP contribution in [0, 0.1) is 0 Å². The van der Waals surface area contributed by atoms with E-state index in [-0.39, 0.29) is 6.04 Å². The van der Waals surface area contributed by atoms with Crippen LogP contribution in [-0.2, 0) is 0 Å². The Balaban J connectivity index is 2.48. The topological polar surface area (TPSA) is 50.9 Å². The van der Waals surface area contributed by atoms with Gasteiger partial charge in [-0.2, -0.15) is 0 Å². The Morgan fingerprint density at radius 1 is 1.06 bits per heavy atom. The third-order valence-corrected chi connectivity index (χ3v) is 3.16. The number of hydrazine groups is 1. The largest absolute Gasteiger partial charge is 0.271 e. The minimum Gasteiger partial charge on any atom is -0.271 e. The van der Waals surface area contributed by atoms with Gasteiger partial charge in [0.2, 0.25) is 0 Å². The van der Waals surface area contributed by atoms with Gasteiger partial charge in [-0.3, -0.25) is 10.8 Å². The van der Waals surface area contributed by atoms with Crippen molar-refractivity contribution in [2.45, 2.75) is 6.04 Å². The molecule has 1 unspecified atom stereocenters. The molecular formula is C12H11Cl2N3. The average molecular weight is 268 g/mol. The predicted octanol–water partition coefficient (Wildman–Crippen LogP) is 2.94. The van der Waals surface area contributed by atoms with Crippen LogP contribution in [0.5, 0.6) is 0 Å². The smallest absolute Gasteiger partial charge is 0.0740 e. The molecule has 88 valence electrons. The van der Waals surface area contributed by atoms with Crippen LogP contribution in [-0.4, -0.2) is 4.98 Å². The molecule has 0 bridgehead atoms. The maximum atomic E-state index is 6.15. The van der Waals surface area contributed by atoms with Gasteiger partial charge in [0.1, 0.15) is 0 Å². The molecular weight excluding hydrogens is 257 g/mol. The Labute approximate surface area is 110 Å². The number of nitrogens with two attached hydrogens (primary N) is 1. The van der Waals surface area contributed by atoms with E-state index in [9.17, 15) is 0 Å². The van der Waals surface area contributed by atoms with E-state index in [0.717, 1.165) is 11.1 Å². The zero-order valence-corrected chi connectivity index (χ0v) is 10.4. The zero-order chi connectivity index (χ0) is 12.3. The standard InChI is InChI=1S/C12H11Cl2N3/c13-10-4-2-1-3-8(10)12(17-15)9-5-6-16-7-11(9)14/h1-7,12,17H,15H2.